The molecule has 2 aromatic heterocycles. The summed E-state index contributed by atoms with van der Waals surface area (Å²) in [6.07, 6.45) is 3.31. The summed E-state index contributed by atoms with van der Waals surface area (Å²) >= 11 is 0. The molecule has 0 fully saturated rings. The third-order valence-corrected chi connectivity index (χ3v) is 4.10. The second-order valence-corrected chi connectivity index (χ2v) is 5.87. The lowest BCUT2D eigenvalue weighted by molar-refractivity contribution is 0.244. The van der Waals surface area contributed by atoms with E-state index in [0.29, 0.717) is 0 Å². The van der Waals surface area contributed by atoms with E-state index in [1.807, 2.05) is 0 Å². The number of nitrogens with zero attached hydrogens (tertiary/aromatic N) is 2. The average molecular weight is 285 g/mol. The molecule has 19 heavy (non-hydrogen) atoms. The van der Waals surface area contributed by atoms with Crippen LogP contribution in [0.5, 0.6) is 0 Å². The third kappa shape index (κ3) is 3.03. The molecule has 104 valence electrons. The molecule has 0 aromatic carbocycles. The van der Waals surface area contributed by atoms with Crippen molar-refractivity contribution in [2.45, 2.75) is 25.0 Å². The molecule has 0 atom stereocenters. The van der Waals surface area contributed by atoms with Crippen LogP contribution in [0.15, 0.2) is 27.8 Å². The standard InChI is InChI=1S/C11H15N3O4S/c1-8-11(3-10(7-15)18-8)19(16,17)13-5-9-4-12-14(2)6-9/h3-4,6,13,15H,5,7H2,1-2H3. The first-order valence-corrected chi connectivity index (χ1v) is 7.08. The van der Waals surface area contributed by atoms with Crippen LogP contribution in [-0.2, 0) is 30.2 Å². The highest BCUT2D eigenvalue weighted by Gasteiger charge is 2.21. The van der Waals surface area contributed by atoms with Crippen molar-refractivity contribution in [1.82, 2.24) is 14.5 Å². The molecule has 0 saturated carbocycles. The Hall–Kier alpha value is -1.64. The maximum Gasteiger partial charge on any atom is 0.244 e. The lowest BCUT2D eigenvalue weighted by atomic mass is 10.4. The van der Waals surface area contributed by atoms with Gasteiger partial charge in [0.05, 0.1) is 6.20 Å². The fourth-order valence-electron chi connectivity index (χ4n) is 1.69. The van der Waals surface area contributed by atoms with Gasteiger partial charge in [0.15, 0.2) is 0 Å². The van der Waals surface area contributed by atoms with Gasteiger partial charge in [-0.05, 0) is 6.92 Å². The zero-order valence-corrected chi connectivity index (χ0v) is 11.4. The smallest absolute Gasteiger partial charge is 0.244 e. The minimum atomic E-state index is -3.66. The number of hydrogen-bond donors (Lipinski definition) is 2. The van der Waals surface area contributed by atoms with Crippen molar-refractivity contribution in [3.63, 3.8) is 0 Å². The quantitative estimate of drug-likeness (QED) is 0.823. The highest BCUT2D eigenvalue weighted by molar-refractivity contribution is 7.89. The molecule has 0 aliphatic rings. The maximum absolute atomic E-state index is 12.1. The van der Waals surface area contributed by atoms with Gasteiger partial charge in [-0.1, -0.05) is 0 Å². The van der Waals surface area contributed by atoms with Crippen LogP contribution in [0, 0.1) is 6.92 Å². The van der Waals surface area contributed by atoms with Crippen LogP contribution >= 0.6 is 0 Å². The molecule has 2 aromatic rings. The van der Waals surface area contributed by atoms with Crippen molar-refractivity contribution in [2.75, 3.05) is 0 Å². The van der Waals surface area contributed by atoms with E-state index in [4.69, 9.17) is 9.52 Å². The van der Waals surface area contributed by atoms with Gasteiger partial charge in [0.2, 0.25) is 10.0 Å². The molecule has 7 nitrogen and oxygen atoms in total. The third-order valence-electron chi connectivity index (χ3n) is 2.59. The van der Waals surface area contributed by atoms with Gasteiger partial charge in [0, 0.05) is 31.4 Å². The van der Waals surface area contributed by atoms with Gasteiger partial charge in [0.1, 0.15) is 23.0 Å². The average Bonchev–Trinajstić information content (AvgIpc) is 2.93. The molecule has 0 saturated heterocycles. The summed E-state index contributed by atoms with van der Waals surface area (Å²) < 4.78 is 33.3. The molecule has 0 aliphatic heterocycles. The fraction of sp³-hybridized carbons (Fsp3) is 0.364. The molecule has 0 aliphatic carbocycles. The van der Waals surface area contributed by atoms with Crippen molar-refractivity contribution in [3.8, 4) is 0 Å². The highest BCUT2D eigenvalue weighted by Crippen LogP contribution is 2.20. The predicted octanol–water partition coefficient (Wildman–Crippen LogP) is 0.292. The van der Waals surface area contributed by atoms with Crippen molar-refractivity contribution >= 4 is 10.0 Å². The summed E-state index contributed by atoms with van der Waals surface area (Å²) in [5.74, 6) is 0.474. The van der Waals surface area contributed by atoms with Crippen LogP contribution in [-0.4, -0.2) is 23.3 Å². The molecule has 2 heterocycles. The van der Waals surface area contributed by atoms with E-state index in [0.717, 1.165) is 5.56 Å². The summed E-state index contributed by atoms with van der Waals surface area (Å²) in [6.45, 7) is 1.35. The van der Waals surface area contributed by atoms with Crippen LogP contribution in [0.2, 0.25) is 0 Å². The van der Waals surface area contributed by atoms with Crippen LogP contribution in [0.25, 0.3) is 0 Å². The number of aliphatic hydroxyl groups excluding tert-OH is 1. The zero-order valence-electron chi connectivity index (χ0n) is 10.6. The molecule has 0 unspecified atom stereocenters. The van der Waals surface area contributed by atoms with E-state index in [-0.39, 0.29) is 29.6 Å². The summed E-state index contributed by atoms with van der Waals surface area (Å²) in [5.41, 5.74) is 0.759. The second-order valence-electron chi connectivity index (χ2n) is 4.14. The lowest BCUT2D eigenvalue weighted by Crippen LogP contribution is -2.23. The zero-order chi connectivity index (χ0) is 14.0. The Morgan fingerprint density at radius 2 is 2.26 bits per heavy atom. The van der Waals surface area contributed by atoms with Crippen molar-refractivity contribution < 1.29 is 17.9 Å². The minimum Gasteiger partial charge on any atom is -0.462 e. The largest absolute Gasteiger partial charge is 0.462 e. The number of nitrogens with one attached hydrogen (secondary N) is 1. The van der Waals surface area contributed by atoms with Gasteiger partial charge in [-0.2, -0.15) is 5.10 Å². The molecule has 0 radical (unpaired) electrons. The van der Waals surface area contributed by atoms with Gasteiger partial charge in [-0.3, -0.25) is 4.68 Å². The van der Waals surface area contributed by atoms with Gasteiger partial charge in [0.25, 0.3) is 0 Å². The highest BCUT2D eigenvalue weighted by atomic mass is 32.2. The fourth-order valence-corrected chi connectivity index (χ4v) is 2.91. The Morgan fingerprint density at radius 3 is 2.79 bits per heavy atom. The Kier molecular flexibility index (Phi) is 3.74. The van der Waals surface area contributed by atoms with Gasteiger partial charge in [-0.25, -0.2) is 13.1 Å². The molecule has 2 rings (SSSR count). The predicted molar refractivity (Wildman–Crippen MR) is 66.6 cm³/mol. The van der Waals surface area contributed by atoms with E-state index in [2.05, 4.69) is 9.82 Å². The molecular formula is C11H15N3O4S. The Balaban J connectivity index is 2.15. The van der Waals surface area contributed by atoms with E-state index < -0.39 is 10.0 Å². The van der Waals surface area contributed by atoms with Gasteiger partial charge >= 0.3 is 0 Å². The number of aromatic nitrogens is 2. The van der Waals surface area contributed by atoms with Crippen molar-refractivity contribution in [3.05, 3.63) is 35.5 Å². The summed E-state index contributed by atoms with van der Waals surface area (Å²) in [7, 11) is -1.91. The molecule has 0 spiro atoms. The van der Waals surface area contributed by atoms with E-state index in [1.165, 1.54) is 13.0 Å². The Labute approximate surface area is 110 Å². The topological polar surface area (TPSA) is 97.4 Å². The number of aryl methyl sites for hydroxylation is 2. The molecular weight excluding hydrogens is 270 g/mol. The number of rotatable bonds is 5. The number of sulfonamides is 1. The Morgan fingerprint density at radius 1 is 1.53 bits per heavy atom. The van der Waals surface area contributed by atoms with Crippen molar-refractivity contribution in [1.29, 1.82) is 0 Å². The molecule has 2 N–H and O–H groups in total. The van der Waals surface area contributed by atoms with Crippen molar-refractivity contribution in [2.24, 2.45) is 7.05 Å². The lowest BCUT2D eigenvalue weighted by Gasteiger charge is -2.03. The maximum atomic E-state index is 12.1. The summed E-state index contributed by atoms with van der Waals surface area (Å²) in [5, 5.41) is 12.9. The van der Waals surface area contributed by atoms with Gasteiger partial charge in [-0.15, -0.1) is 0 Å². The number of aliphatic hydroxyl groups is 1. The van der Waals surface area contributed by atoms with Crippen LogP contribution < -0.4 is 4.72 Å². The van der Waals surface area contributed by atoms with Crippen LogP contribution in [0.4, 0.5) is 0 Å². The molecule has 0 amide bonds. The minimum absolute atomic E-state index is 0.0421. The molecule has 8 heteroatoms. The number of furan rings is 1. The van der Waals surface area contributed by atoms with Gasteiger partial charge < -0.3 is 9.52 Å². The molecule has 0 bridgehead atoms. The monoisotopic (exact) mass is 285 g/mol. The van der Waals surface area contributed by atoms with E-state index in [1.54, 1.807) is 24.1 Å². The first-order chi connectivity index (χ1) is 8.92. The number of hydrogen-bond acceptors (Lipinski definition) is 5. The first-order valence-electron chi connectivity index (χ1n) is 5.60. The second kappa shape index (κ2) is 5.16. The van der Waals surface area contributed by atoms with E-state index in [9.17, 15) is 8.42 Å². The summed E-state index contributed by atoms with van der Waals surface area (Å²) in [4.78, 5) is 0.0421. The first kappa shape index (κ1) is 13.8. The van der Waals surface area contributed by atoms with Crippen LogP contribution in [0.3, 0.4) is 0 Å². The van der Waals surface area contributed by atoms with E-state index >= 15 is 0 Å². The SMILES string of the molecule is Cc1oc(CO)cc1S(=O)(=O)NCc1cnn(C)c1. The normalized spacial score (nSPS) is 11.9. The Bertz CT molecular complexity index is 672. The van der Waals surface area contributed by atoms with Crippen LogP contribution in [0.1, 0.15) is 17.1 Å². The summed E-state index contributed by atoms with van der Waals surface area (Å²) in [6, 6.07) is 1.32.